The van der Waals surface area contributed by atoms with Crippen molar-refractivity contribution < 1.29 is 18.8 Å². The molecular formula is C16H13ClFN3O3. The van der Waals surface area contributed by atoms with E-state index in [2.05, 4.69) is 16.0 Å². The first kappa shape index (κ1) is 17.4. The van der Waals surface area contributed by atoms with Crippen LogP contribution in [0.1, 0.15) is 0 Å². The van der Waals surface area contributed by atoms with E-state index in [0.29, 0.717) is 16.4 Å². The molecule has 2 aromatic carbocycles. The van der Waals surface area contributed by atoms with Crippen molar-refractivity contribution in [2.45, 2.75) is 0 Å². The maximum Gasteiger partial charge on any atom is 0.313 e. The van der Waals surface area contributed by atoms with Crippen LogP contribution in [0.5, 0.6) is 0 Å². The van der Waals surface area contributed by atoms with Crippen molar-refractivity contribution in [1.29, 1.82) is 0 Å². The van der Waals surface area contributed by atoms with Crippen molar-refractivity contribution in [1.82, 2.24) is 5.32 Å². The van der Waals surface area contributed by atoms with Gasteiger partial charge in [-0.3, -0.25) is 14.4 Å². The van der Waals surface area contributed by atoms with Gasteiger partial charge in [-0.05, 0) is 48.5 Å². The fourth-order valence-electron chi connectivity index (χ4n) is 1.70. The number of hydrogen-bond donors (Lipinski definition) is 3. The van der Waals surface area contributed by atoms with Crippen molar-refractivity contribution in [3.05, 3.63) is 59.4 Å². The summed E-state index contributed by atoms with van der Waals surface area (Å²) in [6.07, 6.45) is 0. The lowest BCUT2D eigenvalue weighted by Crippen LogP contribution is -2.39. The number of carbonyl (C=O) groups excluding carboxylic acids is 3. The van der Waals surface area contributed by atoms with E-state index < -0.39 is 30.1 Å². The third-order valence-corrected chi connectivity index (χ3v) is 3.10. The first-order valence-corrected chi connectivity index (χ1v) is 7.22. The van der Waals surface area contributed by atoms with Crippen molar-refractivity contribution in [2.75, 3.05) is 17.2 Å². The van der Waals surface area contributed by atoms with Gasteiger partial charge < -0.3 is 16.0 Å². The molecule has 124 valence electrons. The fraction of sp³-hybridized carbons (Fsp3) is 0.0625. The number of hydrogen-bond acceptors (Lipinski definition) is 3. The van der Waals surface area contributed by atoms with Gasteiger partial charge in [-0.1, -0.05) is 11.6 Å². The molecule has 2 rings (SSSR count). The molecule has 0 aliphatic carbocycles. The molecule has 8 heteroatoms. The highest BCUT2D eigenvalue weighted by Gasteiger charge is 2.14. The summed E-state index contributed by atoms with van der Waals surface area (Å²) < 4.78 is 12.7. The number of rotatable bonds is 4. The van der Waals surface area contributed by atoms with Gasteiger partial charge >= 0.3 is 11.8 Å². The highest BCUT2D eigenvalue weighted by molar-refractivity contribution is 6.40. The summed E-state index contributed by atoms with van der Waals surface area (Å²) in [4.78, 5) is 35.0. The first-order chi connectivity index (χ1) is 11.4. The molecule has 0 heterocycles. The van der Waals surface area contributed by atoms with Crippen molar-refractivity contribution in [3.63, 3.8) is 0 Å². The maximum absolute atomic E-state index is 12.7. The van der Waals surface area contributed by atoms with Crippen LogP contribution in [0, 0.1) is 5.82 Å². The molecule has 0 spiro atoms. The maximum atomic E-state index is 12.7. The topological polar surface area (TPSA) is 87.3 Å². The van der Waals surface area contributed by atoms with E-state index in [1.807, 2.05) is 0 Å². The van der Waals surface area contributed by atoms with Crippen LogP contribution in [-0.2, 0) is 14.4 Å². The summed E-state index contributed by atoms with van der Waals surface area (Å²) in [6.45, 7) is -0.399. The van der Waals surface area contributed by atoms with Gasteiger partial charge in [-0.15, -0.1) is 0 Å². The van der Waals surface area contributed by atoms with Gasteiger partial charge in [0.05, 0.1) is 6.54 Å². The second kappa shape index (κ2) is 8.07. The van der Waals surface area contributed by atoms with Crippen molar-refractivity contribution in [3.8, 4) is 0 Å². The number of carbonyl (C=O) groups is 3. The van der Waals surface area contributed by atoms with Crippen LogP contribution in [0.3, 0.4) is 0 Å². The van der Waals surface area contributed by atoms with Gasteiger partial charge in [0.15, 0.2) is 0 Å². The van der Waals surface area contributed by atoms with E-state index in [1.165, 1.54) is 36.4 Å². The van der Waals surface area contributed by atoms with Gasteiger partial charge in [0, 0.05) is 16.4 Å². The van der Waals surface area contributed by atoms with E-state index in [1.54, 1.807) is 12.1 Å². The van der Waals surface area contributed by atoms with E-state index in [4.69, 9.17) is 11.6 Å². The van der Waals surface area contributed by atoms with E-state index in [9.17, 15) is 18.8 Å². The predicted molar refractivity (Wildman–Crippen MR) is 88.1 cm³/mol. The van der Waals surface area contributed by atoms with Crippen molar-refractivity contribution >= 4 is 40.7 Å². The van der Waals surface area contributed by atoms with Crippen LogP contribution in [0.2, 0.25) is 5.02 Å². The van der Waals surface area contributed by atoms with Gasteiger partial charge in [-0.25, -0.2) is 4.39 Å². The zero-order valence-electron chi connectivity index (χ0n) is 12.3. The minimum atomic E-state index is -0.959. The smallest absolute Gasteiger partial charge is 0.313 e. The molecule has 6 nitrogen and oxygen atoms in total. The van der Waals surface area contributed by atoms with Crippen LogP contribution in [-0.4, -0.2) is 24.3 Å². The monoisotopic (exact) mass is 349 g/mol. The Morgan fingerprint density at radius 1 is 0.833 bits per heavy atom. The van der Waals surface area contributed by atoms with E-state index in [-0.39, 0.29) is 0 Å². The molecule has 2 aromatic rings. The standard InChI is InChI=1S/C16H13ClFN3O3/c17-10-1-5-13(6-2-10)21-16(24)15(23)19-9-14(22)20-12-7-3-11(18)4-8-12/h1-8H,9H2,(H,19,23)(H,20,22)(H,21,24). The molecular weight excluding hydrogens is 337 g/mol. The Labute approximate surface area is 142 Å². The van der Waals surface area contributed by atoms with Crippen LogP contribution in [0.25, 0.3) is 0 Å². The van der Waals surface area contributed by atoms with E-state index in [0.717, 1.165) is 0 Å². The lowest BCUT2D eigenvalue weighted by molar-refractivity contribution is -0.136. The third-order valence-electron chi connectivity index (χ3n) is 2.85. The first-order valence-electron chi connectivity index (χ1n) is 6.84. The second-order valence-electron chi connectivity index (χ2n) is 4.70. The average molecular weight is 350 g/mol. The highest BCUT2D eigenvalue weighted by atomic mass is 35.5. The Hall–Kier alpha value is -2.93. The van der Waals surface area contributed by atoms with Gasteiger partial charge in [0.1, 0.15) is 5.82 Å². The molecule has 3 amide bonds. The molecule has 0 fully saturated rings. The number of halogens is 2. The molecule has 0 atom stereocenters. The number of amides is 3. The van der Waals surface area contributed by atoms with E-state index >= 15 is 0 Å². The molecule has 0 bridgehead atoms. The Balaban J connectivity index is 1.79. The Morgan fingerprint density at radius 2 is 1.38 bits per heavy atom. The minimum absolute atomic E-state index is 0.376. The van der Waals surface area contributed by atoms with Gasteiger partial charge in [0.25, 0.3) is 0 Å². The minimum Gasteiger partial charge on any atom is -0.339 e. The van der Waals surface area contributed by atoms with Crippen LogP contribution in [0.15, 0.2) is 48.5 Å². The van der Waals surface area contributed by atoms with Crippen molar-refractivity contribution in [2.24, 2.45) is 0 Å². The fourth-order valence-corrected chi connectivity index (χ4v) is 1.83. The number of anilines is 2. The molecule has 0 saturated heterocycles. The molecule has 24 heavy (non-hydrogen) atoms. The molecule has 3 N–H and O–H groups in total. The van der Waals surface area contributed by atoms with Crippen LogP contribution in [0.4, 0.5) is 15.8 Å². The van der Waals surface area contributed by atoms with Crippen LogP contribution < -0.4 is 16.0 Å². The largest absolute Gasteiger partial charge is 0.339 e. The number of benzene rings is 2. The molecule has 0 unspecified atom stereocenters. The SMILES string of the molecule is O=C(CNC(=O)C(=O)Nc1ccc(Cl)cc1)Nc1ccc(F)cc1. The Kier molecular flexibility index (Phi) is 5.86. The Bertz CT molecular complexity index is 748. The summed E-state index contributed by atoms with van der Waals surface area (Å²) in [5, 5.41) is 7.50. The predicted octanol–water partition coefficient (Wildman–Crippen LogP) is 2.17. The highest BCUT2D eigenvalue weighted by Crippen LogP contribution is 2.13. The summed E-state index contributed by atoms with van der Waals surface area (Å²) in [7, 11) is 0. The summed E-state index contributed by atoms with van der Waals surface area (Å²) in [6, 6.07) is 11.3. The van der Waals surface area contributed by atoms with Gasteiger partial charge in [-0.2, -0.15) is 0 Å². The summed E-state index contributed by atoms with van der Waals surface area (Å²) in [5.74, 6) is -2.85. The van der Waals surface area contributed by atoms with Gasteiger partial charge in [0.2, 0.25) is 5.91 Å². The molecule has 0 radical (unpaired) electrons. The lowest BCUT2D eigenvalue weighted by atomic mass is 10.3. The lowest BCUT2D eigenvalue weighted by Gasteiger charge is -2.07. The normalized spacial score (nSPS) is 9.92. The quantitative estimate of drug-likeness (QED) is 0.739. The number of nitrogens with one attached hydrogen (secondary N) is 3. The Morgan fingerprint density at radius 3 is 2.00 bits per heavy atom. The molecule has 0 aliphatic rings. The average Bonchev–Trinajstić information content (AvgIpc) is 2.57. The summed E-state index contributed by atoms with van der Waals surface area (Å²) in [5.41, 5.74) is 0.775. The third kappa shape index (κ3) is 5.36. The molecule has 0 aromatic heterocycles. The zero-order valence-corrected chi connectivity index (χ0v) is 13.1. The molecule has 0 saturated carbocycles. The zero-order chi connectivity index (χ0) is 17.5. The summed E-state index contributed by atoms with van der Waals surface area (Å²) >= 11 is 5.71. The second-order valence-corrected chi connectivity index (χ2v) is 5.14. The van der Waals surface area contributed by atoms with Crippen LogP contribution >= 0.6 is 11.6 Å². The molecule has 0 aliphatic heterocycles.